The third-order valence-corrected chi connectivity index (χ3v) is 18.1. The molecule has 0 aromatic rings. The Morgan fingerprint density at radius 1 is 0.283 bits per heavy atom. The van der Waals surface area contributed by atoms with Gasteiger partial charge in [-0.2, -0.15) is 0 Å². The van der Waals surface area contributed by atoms with Crippen LogP contribution in [0.25, 0.3) is 0 Å². The molecule has 0 spiro atoms. The van der Waals surface area contributed by atoms with E-state index in [1.54, 1.807) is 12.2 Å². The number of rotatable bonds is 74. The fourth-order valence-corrected chi connectivity index (χ4v) is 11.7. The van der Waals surface area contributed by atoms with E-state index in [1.807, 2.05) is 12.2 Å². The summed E-state index contributed by atoms with van der Waals surface area (Å²) in [6, 6.07) is 0. The maximum absolute atomic E-state index is 13.1. The zero-order valence-corrected chi connectivity index (χ0v) is 67.6. The van der Waals surface area contributed by atoms with Crippen molar-refractivity contribution in [3.63, 3.8) is 0 Å². The first-order chi connectivity index (χ1) is 51.7. The highest BCUT2D eigenvalue weighted by atomic mass is 31.2. The first-order valence-corrected chi connectivity index (χ1v) is 43.4. The van der Waals surface area contributed by atoms with Gasteiger partial charge in [0.1, 0.15) is 19.3 Å². The summed E-state index contributed by atoms with van der Waals surface area (Å²) in [6.07, 6.45) is 92.1. The van der Waals surface area contributed by atoms with Gasteiger partial charge in [-0.15, -0.1) is 0 Å². The Kier molecular flexibility index (Phi) is 73.5. The third kappa shape index (κ3) is 76.6. The van der Waals surface area contributed by atoms with E-state index >= 15 is 0 Å². The second kappa shape index (κ2) is 77.6. The Bertz CT molecular complexity index is 2680. The molecule has 19 heteroatoms. The van der Waals surface area contributed by atoms with Crippen molar-refractivity contribution in [2.75, 3.05) is 39.6 Å². The molecule has 0 heterocycles. The Hall–Kier alpha value is -5.58. The molecule has 602 valence electrons. The van der Waals surface area contributed by atoms with Gasteiger partial charge in [-0.05, 0) is 154 Å². The van der Waals surface area contributed by atoms with Crippen LogP contribution in [0.2, 0.25) is 0 Å². The smallest absolute Gasteiger partial charge is 0.462 e. The fourth-order valence-electron chi connectivity index (χ4n) is 10.2. The van der Waals surface area contributed by atoms with Gasteiger partial charge in [0.2, 0.25) is 0 Å². The molecule has 0 saturated heterocycles. The SMILES string of the molecule is CC/C=C\C/C=C\C/C=C\C/C=C\C/C=C\CC(=O)OC(COC(=O)CCCCCCCC/C=C\C/C=C\C/C=C\C/C=C\CC)COP(=O)(O)OCC(O)COP(=O)(O)OCC(COC(=O)CCCCCCCCC/C=C\C/C=C\C/C=C\CC)OC(=O)CCCCCCC/C=C\C/C=C\CCCCC. The quantitative estimate of drug-likeness (QED) is 0.0169. The molecule has 0 amide bonds. The van der Waals surface area contributed by atoms with Crippen molar-refractivity contribution in [2.45, 2.75) is 316 Å². The number of carbonyl (C=O) groups is 4. The minimum atomic E-state index is -5.01. The van der Waals surface area contributed by atoms with Crippen molar-refractivity contribution in [1.29, 1.82) is 0 Å². The summed E-state index contributed by atoms with van der Waals surface area (Å²) in [6.45, 7) is 4.35. The van der Waals surface area contributed by atoms with Crippen LogP contribution in [0.15, 0.2) is 170 Å². The summed E-state index contributed by atoms with van der Waals surface area (Å²) in [5.74, 6) is -2.37. The van der Waals surface area contributed by atoms with Crippen LogP contribution in [0.4, 0.5) is 0 Å². The van der Waals surface area contributed by atoms with E-state index in [0.717, 1.165) is 199 Å². The first-order valence-electron chi connectivity index (χ1n) is 40.4. The fraction of sp³-hybridized carbons (Fsp3) is 0.632. The van der Waals surface area contributed by atoms with Gasteiger partial charge in [0.15, 0.2) is 12.2 Å². The van der Waals surface area contributed by atoms with E-state index in [4.69, 9.17) is 37.0 Å². The van der Waals surface area contributed by atoms with Crippen LogP contribution >= 0.6 is 15.6 Å². The predicted octanol–water partition coefficient (Wildman–Crippen LogP) is 23.8. The molecule has 0 aliphatic rings. The van der Waals surface area contributed by atoms with Gasteiger partial charge in [0.25, 0.3) is 0 Å². The molecule has 106 heavy (non-hydrogen) atoms. The van der Waals surface area contributed by atoms with Gasteiger partial charge in [-0.25, -0.2) is 9.13 Å². The maximum Gasteiger partial charge on any atom is 0.472 e. The number of hydrogen-bond donors (Lipinski definition) is 3. The lowest BCUT2D eigenvalue weighted by molar-refractivity contribution is -0.161. The van der Waals surface area contributed by atoms with Crippen LogP contribution in [0.1, 0.15) is 297 Å². The van der Waals surface area contributed by atoms with Gasteiger partial charge < -0.3 is 33.8 Å². The second-order valence-electron chi connectivity index (χ2n) is 26.2. The van der Waals surface area contributed by atoms with E-state index in [1.165, 1.54) is 19.3 Å². The van der Waals surface area contributed by atoms with Crippen LogP contribution in [-0.2, 0) is 65.4 Å². The van der Waals surface area contributed by atoms with Crippen LogP contribution in [0.5, 0.6) is 0 Å². The van der Waals surface area contributed by atoms with Crippen LogP contribution < -0.4 is 0 Å². The van der Waals surface area contributed by atoms with Gasteiger partial charge in [-0.1, -0.05) is 288 Å². The summed E-state index contributed by atoms with van der Waals surface area (Å²) < 4.78 is 68.5. The highest BCUT2D eigenvalue weighted by Crippen LogP contribution is 2.45. The van der Waals surface area contributed by atoms with Crippen LogP contribution in [0.3, 0.4) is 0 Å². The summed E-state index contributed by atoms with van der Waals surface area (Å²) >= 11 is 0. The molecule has 17 nitrogen and oxygen atoms in total. The number of aliphatic hydroxyl groups is 1. The van der Waals surface area contributed by atoms with Crippen molar-refractivity contribution in [1.82, 2.24) is 0 Å². The van der Waals surface area contributed by atoms with Crippen LogP contribution in [0, 0.1) is 0 Å². The summed E-state index contributed by atoms with van der Waals surface area (Å²) in [7, 11) is -10.0. The minimum absolute atomic E-state index is 0.0689. The van der Waals surface area contributed by atoms with Gasteiger partial charge in [-0.3, -0.25) is 37.3 Å². The molecule has 5 unspecified atom stereocenters. The van der Waals surface area contributed by atoms with E-state index < -0.39 is 97.5 Å². The number of phosphoric acid groups is 2. The molecule has 0 aromatic carbocycles. The van der Waals surface area contributed by atoms with Crippen molar-refractivity contribution >= 4 is 39.5 Å². The lowest BCUT2D eigenvalue weighted by Gasteiger charge is -2.21. The van der Waals surface area contributed by atoms with Crippen molar-refractivity contribution < 1.29 is 80.2 Å². The topological polar surface area (TPSA) is 237 Å². The normalized spacial score (nSPS) is 14.7. The molecule has 3 N–H and O–H groups in total. The van der Waals surface area contributed by atoms with E-state index in [9.17, 15) is 43.2 Å². The van der Waals surface area contributed by atoms with Crippen molar-refractivity contribution in [3.05, 3.63) is 170 Å². The van der Waals surface area contributed by atoms with Gasteiger partial charge in [0.05, 0.1) is 32.8 Å². The monoisotopic (exact) mass is 1520 g/mol. The zero-order chi connectivity index (χ0) is 77.4. The Morgan fingerprint density at radius 3 is 0.840 bits per heavy atom. The van der Waals surface area contributed by atoms with Gasteiger partial charge >= 0.3 is 39.5 Å². The first kappa shape index (κ1) is 100. The molecule has 0 aliphatic heterocycles. The van der Waals surface area contributed by atoms with E-state index in [0.29, 0.717) is 25.7 Å². The third-order valence-electron chi connectivity index (χ3n) is 16.2. The minimum Gasteiger partial charge on any atom is -0.462 e. The molecule has 0 aliphatic carbocycles. The average molecular weight is 1520 g/mol. The molecule has 0 aromatic heterocycles. The van der Waals surface area contributed by atoms with Crippen molar-refractivity contribution in [2.24, 2.45) is 0 Å². The summed E-state index contributed by atoms with van der Waals surface area (Å²) in [5, 5.41) is 10.6. The number of allylic oxidation sites excluding steroid dienone is 27. The Balaban J connectivity index is 5.46. The number of aliphatic hydroxyl groups excluding tert-OH is 1. The molecule has 0 rings (SSSR count). The molecular weight excluding hydrogens is 1380 g/mol. The standard InChI is InChI=1S/C87H142O17P2/c1-5-9-13-17-21-25-29-33-37-39-40-42-46-48-52-56-60-64-68-72-85(90)98-78-83(104-87(92)74-70-66-62-58-54-50-44-36-32-28-24-20-16-12-8-4)80-102-106(95,96)100-76-81(88)75-99-105(93,94)101-79-82(103-86(91)73-69-65-61-57-53-49-43-35-31-27-23-19-15-11-7-3)77-97-84(89)71-67-63-59-55-51-47-45-41-38-34-30-26-22-18-14-10-6-2/h9-10,12-14,16,21-28,33-38,40,42-44,54,58,66,70,81-83,88H,5-8,11,15,17-20,29-32,39,41,45-53,55-57,59-65,67-69,71-80H2,1-4H3,(H,93,94)(H,95,96)/b13-9-,14-10-,16-12-,25-21-,26-22-,27-23-,28-24-,37-33-,38-34-,42-40-,43-35-,44-36-,58-54-,70-66-. The maximum atomic E-state index is 13.1. The number of ether oxygens (including phenoxy) is 4. The number of phosphoric ester groups is 2. The molecule has 0 fully saturated rings. The lowest BCUT2D eigenvalue weighted by Crippen LogP contribution is -2.30. The highest BCUT2D eigenvalue weighted by molar-refractivity contribution is 7.47. The predicted molar refractivity (Wildman–Crippen MR) is 436 cm³/mol. The van der Waals surface area contributed by atoms with Crippen LogP contribution in [-0.4, -0.2) is 96.7 Å². The summed E-state index contributed by atoms with van der Waals surface area (Å²) in [4.78, 5) is 73.0. The Morgan fingerprint density at radius 2 is 0.528 bits per heavy atom. The molecule has 5 atom stereocenters. The molecular formula is C87H142O17P2. The van der Waals surface area contributed by atoms with E-state index in [-0.39, 0.29) is 25.7 Å². The number of unbranched alkanes of at least 4 members (excludes halogenated alkanes) is 21. The van der Waals surface area contributed by atoms with Gasteiger partial charge in [0, 0.05) is 19.3 Å². The number of hydrogen-bond acceptors (Lipinski definition) is 15. The zero-order valence-electron chi connectivity index (χ0n) is 65.8. The highest BCUT2D eigenvalue weighted by Gasteiger charge is 2.30. The van der Waals surface area contributed by atoms with E-state index in [2.05, 4.69) is 174 Å². The largest absolute Gasteiger partial charge is 0.472 e. The van der Waals surface area contributed by atoms with Crippen molar-refractivity contribution in [3.8, 4) is 0 Å². The average Bonchev–Trinajstić information content (AvgIpc) is 0.902. The number of carbonyl (C=O) groups excluding carboxylic acids is 4. The Labute approximate surface area is 642 Å². The molecule has 0 radical (unpaired) electrons. The molecule has 0 saturated carbocycles. The molecule has 0 bridgehead atoms. The second-order valence-corrected chi connectivity index (χ2v) is 29.1. The number of esters is 4. The lowest BCUT2D eigenvalue weighted by atomic mass is 10.1. The summed E-state index contributed by atoms with van der Waals surface area (Å²) in [5.41, 5.74) is 0.